The van der Waals surface area contributed by atoms with Gasteiger partial charge in [0.1, 0.15) is 10.7 Å². The van der Waals surface area contributed by atoms with Crippen LogP contribution in [0, 0.1) is 0 Å². The predicted octanol–water partition coefficient (Wildman–Crippen LogP) is 6.16. The van der Waals surface area contributed by atoms with Crippen molar-refractivity contribution in [2.75, 3.05) is 6.54 Å². The van der Waals surface area contributed by atoms with Gasteiger partial charge in [-0.05, 0) is 35.7 Å². The second-order valence-electron chi connectivity index (χ2n) is 7.35. The molecular weight excluding hydrogens is 459 g/mol. The van der Waals surface area contributed by atoms with Crippen LogP contribution in [0.4, 0.5) is 13.2 Å². The van der Waals surface area contributed by atoms with Crippen molar-refractivity contribution in [2.24, 2.45) is 0 Å². The van der Waals surface area contributed by atoms with Crippen LogP contribution < -0.4 is 5.32 Å². The minimum Gasteiger partial charge on any atom is -0.351 e. The maximum absolute atomic E-state index is 13.1. The molecule has 0 bridgehead atoms. The molecule has 32 heavy (non-hydrogen) atoms. The number of alkyl halides is 3. The molecule has 2 aromatic carbocycles. The molecule has 170 valence electrons. The molecule has 0 spiro atoms. The Hall–Kier alpha value is -2.42. The fourth-order valence-corrected chi connectivity index (χ4v) is 4.07. The number of carbonyl (C=O) groups excluding carboxylic acids is 1. The molecule has 0 radical (unpaired) electrons. The van der Waals surface area contributed by atoms with E-state index in [-0.39, 0.29) is 5.91 Å². The summed E-state index contributed by atoms with van der Waals surface area (Å²) in [7, 11) is 0. The smallest absolute Gasteiger partial charge is 0.351 e. The number of amides is 1. The summed E-state index contributed by atoms with van der Waals surface area (Å²) in [6.07, 6.45) is -3.57. The van der Waals surface area contributed by atoms with Crippen molar-refractivity contribution in [1.82, 2.24) is 15.2 Å². The Morgan fingerprint density at radius 3 is 2.50 bits per heavy atom. The maximum Gasteiger partial charge on any atom is 0.416 e. The molecule has 0 saturated heterocycles. The Kier molecular flexibility index (Phi) is 8.28. The SMILES string of the molecule is CCCNC(=O)c1csc(CN(Cc2ccc(Cl)cc2)Cc2cccc(C(F)(F)F)c2)n1. The minimum atomic E-state index is -4.40. The third kappa shape index (κ3) is 7.05. The van der Waals surface area contributed by atoms with Gasteiger partial charge in [0.25, 0.3) is 5.91 Å². The zero-order valence-electron chi connectivity index (χ0n) is 17.5. The van der Waals surface area contributed by atoms with Crippen molar-refractivity contribution in [2.45, 2.75) is 39.2 Å². The molecule has 0 atom stereocenters. The first kappa shape index (κ1) is 24.2. The first-order valence-corrected chi connectivity index (χ1v) is 11.4. The molecule has 0 unspecified atom stereocenters. The summed E-state index contributed by atoms with van der Waals surface area (Å²) < 4.78 is 39.4. The lowest BCUT2D eigenvalue weighted by atomic mass is 10.1. The average molecular weight is 482 g/mol. The molecule has 0 aliphatic carbocycles. The fraction of sp³-hybridized carbons (Fsp3) is 0.304. The number of nitrogens with zero attached hydrogens (tertiary/aromatic N) is 2. The number of thiazole rings is 1. The summed E-state index contributed by atoms with van der Waals surface area (Å²) in [4.78, 5) is 18.6. The highest BCUT2D eigenvalue weighted by molar-refractivity contribution is 7.09. The number of nitrogens with one attached hydrogen (secondary N) is 1. The minimum absolute atomic E-state index is 0.225. The Bertz CT molecular complexity index is 1040. The van der Waals surface area contributed by atoms with Crippen molar-refractivity contribution < 1.29 is 18.0 Å². The lowest BCUT2D eigenvalue weighted by Crippen LogP contribution is -2.25. The lowest BCUT2D eigenvalue weighted by Gasteiger charge is -2.22. The summed E-state index contributed by atoms with van der Waals surface area (Å²) in [6, 6.07) is 12.6. The topological polar surface area (TPSA) is 45.2 Å². The molecule has 0 fully saturated rings. The van der Waals surface area contributed by atoms with Crippen LogP contribution in [0.15, 0.2) is 53.9 Å². The number of benzene rings is 2. The van der Waals surface area contributed by atoms with Crippen LogP contribution in [0.5, 0.6) is 0 Å². The Morgan fingerprint density at radius 1 is 1.09 bits per heavy atom. The molecule has 0 saturated carbocycles. The molecule has 4 nitrogen and oxygen atoms in total. The highest BCUT2D eigenvalue weighted by Crippen LogP contribution is 2.30. The first-order valence-electron chi connectivity index (χ1n) is 10.1. The maximum atomic E-state index is 13.1. The Morgan fingerprint density at radius 2 is 1.81 bits per heavy atom. The Balaban J connectivity index is 1.79. The number of hydrogen-bond acceptors (Lipinski definition) is 4. The highest BCUT2D eigenvalue weighted by Gasteiger charge is 2.30. The standard InChI is InChI=1S/C23H23ClF3N3OS/c1-2-10-28-22(31)20-15-32-21(29-20)14-30(12-16-6-8-19(24)9-7-16)13-17-4-3-5-18(11-17)23(25,26)27/h3-9,11,15H,2,10,12-14H2,1H3,(H,28,31). The van der Waals surface area contributed by atoms with Crippen LogP contribution in [-0.2, 0) is 25.8 Å². The van der Waals surface area contributed by atoms with Gasteiger partial charge in [-0.25, -0.2) is 4.98 Å². The quantitative estimate of drug-likeness (QED) is 0.398. The first-order chi connectivity index (χ1) is 15.2. The molecule has 1 heterocycles. The average Bonchev–Trinajstić information content (AvgIpc) is 3.22. The number of carbonyl (C=O) groups is 1. The monoisotopic (exact) mass is 481 g/mol. The van der Waals surface area contributed by atoms with Gasteiger partial charge in [-0.3, -0.25) is 9.69 Å². The van der Waals surface area contributed by atoms with E-state index < -0.39 is 11.7 Å². The lowest BCUT2D eigenvalue weighted by molar-refractivity contribution is -0.137. The van der Waals surface area contributed by atoms with Gasteiger partial charge in [0.05, 0.1) is 12.1 Å². The van der Waals surface area contributed by atoms with Crippen LogP contribution in [0.25, 0.3) is 0 Å². The van der Waals surface area contributed by atoms with E-state index >= 15 is 0 Å². The molecule has 1 aromatic heterocycles. The van der Waals surface area contributed by atoms with Gasteiger partial charge >= 0.3 is 6.18 Å². The number of rotatable bonds is 9. The highest BCUT2D eigenvalue weighted by atomic mass is 35.5. The normalized spacial score (nSPS) is 11.7. The summed E-state index contributed by atoms with van der Waals surface area (Å²) in [5.41, 5.74) is 1.19. The van der Waals surface area contributed by atoms with E-state index in [1.807, 2.05) is 24.0 Å². The van der Waals surface area contributed by atoms with Gasteiger partial charge in [-0.1, -0.05) is 48.9 Å². The molecule has 3 aromatic rings. The van der Waals surface area contributed by atoms with E-state index in [9.17, 15) is 18.0 Å². The van der Waals surface area contributed by atoms with Crippen molar-refractivity contribution >= 4 is 28.8 Å². The number of halogens is 4. The third-order valence-corrected chi connectivity index (χ3v) is 5.74. The zero-order chi connectivity index (χ0) is 23.1. The van der Waals surface area contributed by atoms with Gasteiger partial charge in [0, 0.05) is 30.0 Å². The molecule has 1 amide bonds. The van der Waals surface area contributed by atoms with E-state index in [1.165, 1.54) is 23.5 Å². The van der Waals surface area contributed by atoms with Crippen molar-refractivity contribution in [3.05, 3.63) is 86.3 Å². The van der Waals surface area contributed by atoms with E-state index in [2.05, 4.69) is 10.3 Å². The van der Waals surface area contributed by atoms with Gasteiger partial charge in [-0.2, -0.15) is 13.2 Å². The van der Waals surface area contributed by atoms with E-state index in [0.717, 1.165) is 18.1 Å². The van der Waals surface area contributed by atoms with Crippen LogP contribution in [0.2, 0.25) is 5.02 Å². The summed E-state index contributed by atoms with van der Waals surface area (Å²) in [5.74, 6) is -0.225. The second kappa shape index (κ2) is 10.9. The van der Waals surface area contributed by atoms with Gasteiger partial charge in [0.2, 0.25) is 0 Å². The summed E-state index contributed by atoms with van der Waals surface area (Å²) in [5, 5.41) is 5.82. The van der Waals surface area contributed by atoms with Gasteiger partial charge < -0.3 is 5.32 Å². The van der Waals surface area contributed by atoms with Crippen molar-refractivity contribution in [3.63, 3.8) is 0 Å². The van der Waals surface area contributed by atoms with E-state index in [0.29, 0.717) is 47.5 Å². The predicted molar refractivity (Wildman–Crippen MR) is 121 cm³/mol. The van der Waals surface area contributed by atoms with Gasteiger partial charge in [0.15, 0.2) is 0 Å². The molecule has 3 rings (SSSR count). The van der Waals surface area contributed by atoms with Gasteiger partial charge in [-0.15, -0.1) is 11.3 Å². The fourth-order valence-electron chi connectivity index (χ4n) is 3.13. The number of aromatic nitrogens is 1. The third-order valence-electron chi connectivity index (χ3n) is 4.66. The van der Waals surface area contributed by atoms with Crippen LogP contribution in [0.1, 0.15) is 45.5 Å². The second-order valence-corrected chi connectivity index (χ2v) is 8.73. The van der Waals surface area contributed by atoms with Crippen LogP contribution in [-0.4, -0.2) is 22.3 Å². The van der Waals surface area contributed by atoms with Crippen LogP contribution >= 0.6 is 22.9 Å². The molecule has 9 heteroatoms. The zero-order valence-corrected chi connectivity index (χ0v) is 19.0. The molecular formula is C23H23ClF3N3OS. The van der Waals surface area contributed by atoms with Crippen molar-refractivity contribution in [1.29, 1.82) is 0 Å². The van der Waals surface area contributed by atoms with Crippen LogP contribution in [0.3, 0.4) is 0 Å². The molecule has 1 N–H and O–H groups in total. The summed E-state index contributed by atoms with van der Waals surface area (Å²) in [6.45, 7) is 3.72. The van der Waals surface area contributed by atoms with Crippen molar-refractivity contribution in [3.8, 4) is 0 Å². The summed E-state index contributed by atoms with van der Waals surface area (Å²) >= 11 is 7.33. The number of hydrogen-bond donors (Lipinski definition) is 1. The molecule has 0 aliphatic rings. The largest absolute Gasteiger partial charge is 0.416 e. The van der Waals surface area contributed by atoms with E-state index in [1.54, 1.807) is 23.6 Å². The molecule has 0 aliphatic heterocycles. The van der Waals surface area contributed by atoms with E-state index in [4.69, 9.17) is 11.6 Å². The Labute approximate surface area is 194 Å².